The van der Waals surface area contributed by atoms with Gasteiger partial charge in [0.15, 0.2) is 0 Å². The van der Waals surface area contributed by atoms with Crippen LogP contribution in [0.3, 0.4) is 0 Å². The molecule has 1 aromatic carbocycles. The average molecular weight is 265 g/mol. The fourth-order valence-corrected chi connectivity index (χ4v) is 1.78. The van der Waals surface area contributed by atoms with Crippen molar-refractivity contribution in [2.24, 2.45) is 0 Å². The Balaban J connectivity index is 2.58. The Kier molecular flexibility index (Phi) is 5.99. The maximum atomic E-state index is 11.4. The standard InChI is InChI=1S/C15H23NO3/c1-4-15(2,9-14(18)19-3)16-10-12-5-7-13(11-17)8-6-12/h5-8,16-17H,4,9-11H2,1-3H3. The van der Waals surface area contributed by atoms with Crippen LogP contribution in [0.5, 0.6) is 0 Å². The van der Waals surface area contributed by atoms with Gasteiger partial charge in [0.05, 0.1) is 20.1 Å². The van der Waals surface area contributed by atoms with E-state index in [2.05, 4.69) is 5.32 Å². The number of benzene rings is 1. The summed E-state index contributed by atoms with van der Waals surface area (Å²) in [6.45, 7) is 4.81. The van der Waals surface area contributed by atoms with Crippen molar-refractivity contribution in [2.45, 2.75) is 45.4 Å². The van der Waals surface area contributed by atoms with Gasteiger partial charge >= 0.3 is 5.97 Å². The van der Waals surface area contributed by atoms with Gasteiger partial charge in [0.25, 0.3) is 0 Å². The summed E-state index contributed by atoms with van der Waals surface area (Å²) in [6.07, 6.45) is 1.20. The molecule has 0 spiro atoms. The summed E-state index contributed by atoms with van der Waals surface area (Å²) in [7, 11) is 1.41. The molecule has 0 radical (unpaired) electrons. The molecule has 0 fully saturated rings. The molecule has 4 heteroatoms. The minimum absolute atomic E-state index is 0.0583. The summed E-state index contributed by atoms with van der Waals surface area (Å²) in [5.74, 6) is -0.201. The minimum atomic E-state index is -0.261. The molecule has 0 aliphatic heterocycles. The van der Waals surface area contributed by atoms with Crippen LogP contribution in [0.2, 0.25) is 0 Å². The number of hydrogen-bond donors (Lipinski definition) is 2. The molecule has 4 nitrogen and oxygen atoms in total. The lowest BCUT2D eigenvalue weighted by atomic mass is 9.94. The number of hydrogen-bond acceptors (Lipinski definition) is 4. The summed E-state index contributed by atoms with van der Waals surface area (Å²) in [5.41, 5.74) is 1.77. The van der Waals surface area contributed by atoms with Gasteiger partial charge in [-0.1, -0.05) is 31.2 Å². The molecule has 0 aliphatic carbocycles. The summed E-state index contributed by atoms with van der Waals surface area (Å²) in [6, 6.07) is 7.76. The Labute approximate surface area is 114 Å². The lowest BCUT2D eigenvalue weighted by molar-refractivity contribution is -0.142. The summed E-state index contributed by atoms with van der Waals surface area (Å²) in [4.78, 5) is 11.4. The van der Waals surface area contributed by atoms with E-state index < -0.39 is 0 Å². The second kappa shape index (κ2) is 7.26. The van der Waals surface area contributed by atoms with Crippen LogP contribution in [-0.4, -0.2) is 23.7 Å². The van der Waals surface area contributed by atoms with Crippen LogP contribution in [-0.2, 0) is 22.7 Å². The molecule has 2 N–H and O–H groups in total. The topological polar surface area (TPSA) is 58.6 Å². The summed E-state index contributed by atoms with van der Waals surface area (Å²) < 4.78 is 4.72. The predicted octanol–water partition coefficient (Wildman–Crippen LogP) is 2.00. The summed E-state index contributed by atoms with van der Waals surface area (Å²) >= 11 is 0. The predicted molar refractivity (Wildman–Crippen MR) is 74.5 cm³/mol. The molecular weight excluding hydrogens is 242 g/mol. The van der Waals surface area contributed by atoms with Crippen molar-refractivity contribution >= 4 is 5.97 Å². The third-order valence-electron chi connectivity index (χ3n) is 3.47. The largest absolute Gasteiger partial charge is 0.469 e. The van der Waals surface area contributed by atoms with Crippen molar-refractivity contribution in [2.75, 3.05) is 7.11 Å². The molecule has 0 amide bonds. The molecule has 0 bridgehead atoms. The quantitative estimate of drug-likeness (QED) is 0.740. The molecule has 106 valence electrons. The average Bonchev–Trinajstić information content (AvgIpc) is 2.45. The van der Waals surface area contributed by atoms with Crippen molar-refractivity contribution in [1.29, 1.82) is 0 Å². The molecule has 0 saturated carbocycles. The number of methoxy groups -OCH3 is 1. The molecule has 0 saturated heterocycles. The first-order valence-electron chi connectivity index (χ1n) is 6.53. The van der Waals surface area contributed by atoms with Gasteiger partial charge in [-0.05, 0) is 24.5 Å². The number of aliphatic hydroxyl groups is 1. The summed E-state index contributed by atoms with van der Waals surface area (Å²) in [5, 5.41) is 12.4. The Morgan fingerprint density at radius 2 is 1.89 bits per heavy atom. The lowest BCUT2D eigenvalue weighted by Crippen LogP contribution is -2.43. The van der Waals surface area contributed by atoms with E-state index in [1.807, 2.05) is 38.1 Å². The van der Waals surface area contributed by atoms with E-state index in [4.69, 9.17) is 9.84 Å². The first-order chi connectivity index (χ1) is 9.03. The Morgan fingerprint density at radius 1 is 1.32 bits per heavy atom. The first kappa shape index (κ1) is 15.7. The highest BCUT2D eigenvalue weighted by Crippen LogP contribution is 2.16. The number of esters is 1. The number of carbonyl (C=O) groups is 1. The molecule has 1 rings (SSSR count). The molecule has 1 unspecified atom stereocenters. The number of ether oxygens (including phenoxy) is 1. The van der Waals surface area contributed by atoms with Gasteiger partial charge in [-0.15, -0.1) is 0 Å². The smallest absolute Gasteiger partial charge is 0.307 e. The van der Waals surface area contributed by atoms with Gasteiger partial charge in [-0.2, -0.15) is 0 Å². The number of aliphatic hydroxyl groups excluding tert-OH is 1. The van der Waals surface area contributed by atoms with Crippen LogP contribution in [0.4, 0.5) is 0 Å². The zero-order valence-corrected chi connectivity index (χ0v) is 11.9. The molecule has 0 heterocycles. The van der Waals surface area contributed by atoms with E-state index in [-0.39, 0.29) is 18.1 Å². The number of carbonyl (C=O) groups excluding carboxylic acids is 1. The van der Waals surface area contributed by atoms with E-state index in [1.54, 1.807) is 0 Å². The van der Waals surface area contributed by atoms with Gasteiger partial charge in [0.1, 0.15) is 0 Å². The third kappa shape index (κ3) is 5.01. The van der Waals surface area contributed by atoms with Gasteiger partial charge in [-0.25, -0.2) is 0 Å². The van der Waals surface area contributed by atoms with Gasteiger partial charge in [0.2, 0.25) is 0 Å². The zero-order chi connectivity index (χ0) is 14.3. The fraction of sp³-hybridized carbons (Fsp3) is 0.533. The highest BCUT2D eigenvalue weighted by atomic mass is 16.5. The second-order valence-electron chi connectivity index (χ2n) is 5.00. The highest BCUT2D eigenvalue weighted by molar-refractivity contribution is 5.70. The Morgan fingerprint density at radius 3 is 2.37 bits per heavy atom. The van der Waals surface area contributed by atoms with Crippen LogP contribution in [0.15, 0.2) is 24.3 Å². The first-order valence-corrected chi connectivity index (χ1v) is 6.53. The number of rotatable bonds is 7. The maximum Gasteiger partial charge on any atom is 0.307 e. The molecular formula is C15H23NO3. The lowest BCUT2D eigenvalue weighted by Gasteiger charge is -2.28. The van der Waals surface area contributed by atoms with Crippen LogP contribution < -0.4 is 5.32 Å². The van der Waals surface area contributed by atoms with Gasteiger partial charge in [0, 0.05) is 12.1 Å². The van der Waals surface area contributed by atoms with Crippen molar-refractivity contribution in [3.05, 3.63) is 35.4 Å². The van der Waals surface area contributed by atoms with Crippen LogP contribution in [0, 0.1) is 0 Å². The number of nitrogens with one attached hydrogen (secondary N) is 1. The molecule has 1 aromatic rings. The van der Waals surface area contributed by atoms with E-state index in [9.17, 15) is 4.79 Å². The molecule has 1 atom stereocenters. The van der Waals surface area contributed by atoms with Crippen LogP contribution in [0.25, 0.3) is 0 Å². The van der Waals surface area contributed by atoms with Crippen molar-refractivity contribution < 1.29 is 14.6 Å². The maximum absolute atomic E-state index is 11.4. The normalized spacial score (nSPS) is 13.9. The molecule has 0 aromatic heterocycles. The minimum Gasteiger partial charge on any atom is -0.469 e. The second-order valence-corrected chi connectivity index (χ2v) is 5.00. The van der Waals surface area contributed by atoms with E-state index in [0.717, 1.165) is 17.5 Å². The monoisotopic (exact) mass is 265 g/mol. The molecule has 19 heavy (non-hydrogen) atoms. The SMILES string of the molecule is CCC(C)(CC(=O)OC)NCc1ccc(CO)cc1. The zero-order valence-electron chi connectivity index (χ0n) is 11.9. The van der Waals surface area contributed by atoms with Gasteiger partial charge < -0.3 is 15.2 Å². The highest BCUT2D eigenvalue weighted by Gasteiger charge is 2.25. The van der Waals surface area contributed by atoms with Gasteiger partial charge in [-0.3, -0.25) is 4.79 Å². The Hall–Kier alpha value is -1.39. The van der Waals surface area contributed by atoms with Crippen LogP contribution >= 0.6 is 0 Å². The van der Waals surface area contributed by atoms with Crippen molar-refractivity contribution in [3.8, 4) is 0 Å². The van der Waals surface area contributed by atoms with Crippen molar-refractivity contribution in [1.82, 2.24) is 5.32 Å². The van der Waals surface area contributed by atoms with Crippen LogP contribution in [0.1, 0.15) is 37.8 Å². The third-order valence-corrected chi connectivity index (χ3v) is 3.47. The van der Waals surface area contributed by atoms with E-state index in [1.165, 1.54) is 7.11 Å². The van der Waals surface area contributed by atoms with E-state index in [0.29, 0.717) is 13.0 Å². The molecule has 0 aliphatic rings. The Bertz CT molecular complexity index is 402. The van der Waals surface area contributed by atoms with Crippen molar-refractivity contribution in [3.63, 3.8) is 0 Å². The fourth-order valence-electron chi connectivity index (χ4n) is 1.78. The van der Waals surface area contributed by atoms with E-state index >= 15 is 0 Å².